The molecule has 1 aromatic carbocycles. The van der Waals surface area contributed by atoms with Crippen molar-refractivity contribution in [1.29, 1.82) is 0 Å². The largest absolute Gasteiger partial charge is 0.481 e. The molecule has 0 atom stereocenters. The van der Waals surface area contributed by atoms with E-state index in [-0.39, 0.29) is 11.6 Å². The molecule has 104 valence electrons. The molecule has 0 fully saturated rings. The fraction of sp³-hybridized carbons (Fsp3) is 0.0769. The molecule has 1 heterocycles. The van der Waals surface area contributed by atoms with E-state index in [1.54, 1.807) is 18.2 Å². The minimum Gasteiger partial charge on any atom is -0.481 e. The van der Waals surface area contributed by atoms with Crippen molar-refractivity contribution in [2.24, 2.45) is 0 Å². The summed E-state index contributed by atoms with van der Waals surface area (Å²) in [5.74, 6) is -1.00. The van der Waals surface area contributed by atoms with Crippen molar-refractivity contribution in [3.63, 3.8) is 0 Å². The number of aliphatic carboxylic acids is 1. The lowest BCUT2D eigenvalue weighted by atomic mass is 10.0. The molecule has 0 unspecified atom stereocenters. The number of rotatable bonds is 3. The van der Waals surface area contributed by atoms with Gasteiger partial charge >= 0.3 is 5.97 Å². The average Bonchev–Trinajstić information content (AvgIpc) is 2.31. The van der Waals surface area contributed by atoms with Crippen molar-refractivity contribution < 1.29 is 9.90 Å². The molecule has 3 nitrogen and oxygen atoms in total. The molecule has 20 heavy (non-hydrogen) atoms. The normalized spacial score (nSPS) is 10.6. The van der Waals surface area contributed by atoms with E-state index >= 15 is 0 Å². The molecule has 0 aliphatic rings. The Hall–Kier alpha value is -1.00. The maximum Gasteiger partial charge on any atom is 0.307 e. The van der Waals surface area contributed by atoms with Crippen LogP contribution < -0.4 is 0 Å². The number of carboxylic acids is 1. The van der Waals surface area contributed by atoms with Gasteiger partial charge in [-0.05, 0) is 18.2 Å². The number of nitrogens with zero attached hydrogens (tertiary/aromatic N) is 1. The van der Waals surface area contributed by atoms with E-state index in [4.69, 9.17) is 51.5 Å². The van der Waals surface area contributed by atoms with Crippen LogP contribution in [0.5, 0.6) is 0 Å². The van der Waals surface area contributed by atoms with Crippen molar-refractivity contribution >= 4 is 52.4 Å². The predicted molar refractivity (Wildman–Crippen MR) is 81.1 cm³/mol. The van der Waals surface area contributed by atoms with Crippen LogP contribution in [0.3, 0.4) is 0 Å². The van der Waals surface area contributed by atoms with Gasteiger partial charge in [-0.1, -0.05) is 46.4 Å². The lowest BCUT2D eigenvalue weighted by molar-refractivity contribution is -0.136. The number of carboxylic acid groups (broad SMARTS) is 1. The van der Waals surface area contributed by atoms with Gasteiger partial charge in [0.05, 0.1) is 16.5 Å². The zero-order chi connectivity index (χ0) is 14.9. The Balaban J connectivity index is 2.56. The molecule has 1 aromatic heterocycles. The van der Waals surface area contributed by atoms with Gasteiger partial charge in [0.1, 0.15) is 5.15 Å². The summed E-state index contributed by atoms with van der Waals surface area (Å²) in [5, 5.41) is 10.1. The van der Waals surface area contributed by atoms with Crippen molar-refractivity contribution in [3.05, 3.63) is 50.2 Å². The van der Waals surface area contributed by atoms with E-state index in [0.29, 0.717) is 31.8 Å². The Labute approximate surface area is 135 Å². The van der Waals surface area contributed by atoms with E-state index in [1.807, 2.05) is 0 Å². The first kappa shape index (κ1) is 15.4. The fourth-order valence-corrected chi connectivity index (χ4v) is 2.94. The second-order valence-corrected chi connectivity index (χ2v) is 5.60. The second-order valence-electron chi connectivity index (χ2n) is 3.99. The van der Waals surface area contributed by atoms with E-state index < -0.39 is 5.97 Å². The molecule has 0 radical (unpaired) electrons. The Morgan fingerprint density at radius 1 is 1.10 bits per heavy atom. The van der Waals surface area contributed by atoms with E-state index in [2.05, 4.69) is 4.98 Å². The Morgan fingerprint density at radius 2 is 1.70 bits per heavy atom. The van der Waals surface area contributed by atoms with E-state index in [1.165, 1.54) is 6.20 Å². The van der Waals surface area contributed by atoms with Crippen molar-refractivity contribution in [1.82, 2.24) is 4.98 Å². The number of pyridine rings is 1. The summed E-state index contributed by atoms with van der Waals surface area (Å²) >= 11 is 24.0. The van der Waals surface area contributed by atoms with Gasteiger partial charge in [-0.25, -0.2) is 4.98 Å². The van der Waals surface area contributed by atoms with Crippen molar-refractivity contribution in [2.45, 2.75) is 6.42 Å². The first-order chi connectivity index (χ1) is 9.38. The molecule has 1 N–H and O–H groups in total. The van der Waals surface area contributed by atoms with Gasteiger partial charge in [0, 0.05) is 27.9 Å². The third-order valence-corrected chi connectivity index (χ3v) is 3.70. The molecular weight excluding hydrogens is 344 g/mol. The molecule has 2 aromatic rings. The van der Waals surface area contributed by atoms with Crippen LogP contribution in [-0.4, -0.2) is 16.1 Å². The first-order valence-electron chi connectivity index (χ1n) is 5.39. The molecule has 7 heteroatoms. The van der Waals surface area contributed by atoms with Crippen LogP contribution >= 0.6 is 46.4 Å². The summed E-state index contributed by atoms with van der Waals surface area (Å²) in [4.78, 5) is 14.8. The highest BCUT2D eigenvalue weighted by Gasteiger charge is 2.14. The van der Waals surface area contributed by atoms with Crippen LogP contribution in [-0.2, 0) is 11.2 Å². The average molecular weight is 351 g/mol. The van der Waals surface area contributed by atoms with Gasteiger partial charge in [-0.15, -0.1) is 0 Å². The van der Waals surface area contributed by atoms with Crippen LogP contribution in [0, 0.1) is 0 Å². The molecule has 0 bridgehead atoms. The quantitative estimate of drug-likeness (QED) is 0.793. The first-order valence-corrected chi connectivity index (χ1v) is 6.91. The van der Waals surface area contributed by atoms with Crippen molar-refractivity contribution in [3.8, 4) is 11.1 Å². The van der Waals surface area contributed by atoms with Crippen LogP contribution in [0.1, 0.15) is 5.56 Å². The molecule has 0 aliphatic carbocycles. The third kappa shape index (κ3) is 3.36. The standard InChI is InChI=1S/C13H7Cl4NO2/c14-8-3-9(15)12(10(16)4-8)7-1-6(2-11(19)20)13(17)18-5-7/h1,3-5H,2H2,(H,19,20). The molecule has 0 spiro atoms. The molecule has 0 aliphatic heterocycles. The lowest BCUT2D eigenvalue weighted by Crippen LogP contribution is -2.02. The predicted octanol–water partition coefficient (Wildman–Crippen LogP) is 4.99. The van der Waals surface area contributed by atoms with Crippen LogP contribution in [0.4, 0.5) is 0 Å². The zero-order valence-corrected chi connectivity index (χ0v) is 12.9. The Morgan fingerprint density at radius 3 is 2.25 bits per heavy atom. The van der Waals surface area contributed by atoms with Gasteiger partial charge in [0.15, 0.2) is 0 Å². The lowest BCUT2D eigenvalue weighted by Gasteiger charge is -2.10. The van der Waals surface area contributed by atoms with Gasteiger partial charge in [0.2, 0.25) is 0 Å². The molecule has 0 saturated carbocycles. The van der Waals surface area contributed by atoms with Gasteiger partial charge in [0.25, 0.3) is 0 Å². The van der Waals surface area contributed by atoms with E-state index in [9.17, 15) is 4.79 Å². The highest BCUT2D eigenvalue weighted by Crippen LogP contribution is 2.37. The number of hydrogen-bond acceptors (Lipinski definition) is 2. The van der Waals surface area contributed by atoms with Crippen LogP contribution in [0.2, 0.25) is 20.2 Å². The maximum atomic E-state index is 10.8. The Bertz CT molecular complexity index is 665. The van der Waals surface area contributed by atoms with Crippen LogP contribution in [0.15, 0.2) is 24.4 Å². The molecule has 2 rings (SSSR count). The Kier molecular flexibility index (Phi) is 4.76. The van der Waals surface area contributed by atoms with Crippen molar-refractivity contribution in [2.75, 3.05) is 0 Å². The SMILES string of the molecule is O=C(O)Cc1cc(-c2c(Cl)cc(Cl)cc2Cl)cnc1Cl. The molecular formula is C13H7Cl4NO2. The van der Waals surface area contributed by atoms with E-state index in [0.717, 1.165) is 0 Å². The summed E-state index contributed by atoms with van der Waals surface area (Å²) in [5.41, 5.74) is 1.50. The summed E-state index contributed by atoms with van der Waals surface area (Å²) < 4.78 is 0. The number of carbonyl (C=O) groups is 1. The number of halogens is 4. The van der Waals surface area contributed by atoms with Crippen LogP contribution in [0.25, 0.3) is 11.1 Å². The van der Waals surface area contributed by atoms with Gasteiger partial charge in [-0.2, -0.15) is 0 Å². The third-order valence-electron chi connectivity index (χ3n) is 2.55. The van der Waals surface area contributed by atoms with Gasteiger partial charge in [-0.3, -0.25) is 4.79 Å². The monoisotopic (exact) mass is 349 g/mol. The molecule has 0 saturated heterocycles. The smallest absolute Gasteiger partial charge is 0.307 e. The summed E-state index contributed by atoms with van der Waals surface area (Å²) in [6.07, 6.45) is 1.25. The summed E-state index contributed by atoms with van der Waals surface area (Å²) in [7, 11) is 0. The summed E-state index contributed by atoms with van der Waals surface area (Å²) in [6, 6.07) is 4.70. The highest BCUT2D eigenvalue weighted by molar-refractivity contribution is 6.41. The van der Waals surface area contributed by atoms with Gasteiger partial charge < -0.3 is 5.11 Å². The zero-order valence-electron chi connectivity index (χ0n) is 9.83. The number of benzene rings is 1. The minimum absolute atomic E-state index is 0.136. The second kappa shape index (κ2) is 6.19. The molecule has 0 amide bonds. The number of aromatic nitrogens is 1. The topological polar surface area (TPSA) is 50.2 Å². The number of hydrogen-bond donors (Lipinski definition) is 1. The fourth-order valence-electron chi connectivity index (χ4n) is 1.74. The highest BCUT2D eigenvalue weighted by atomic mass is 35.5. The maximum absolute atomic E-state index is 10.8. The summed E-state index contributed by atoms with van der Waals surface area (Å²) in [6.45, 7) is 0. The minimum atomic E-state index is -1.00.